The molecule has 0 bridgehead atoms. The number of carbonyl (C=O) groups excluding carboxylic acids is 1. The van der Waals surface area contributed by atoms with Gasteiger partial charge in [0, 0.05) is 5.56 Å². The molecule has 1 fully saturated rings. The molecule has 0 radical (unpaired) electrons. The average molecular weight is 263 g/mol. The van der Waals surface area contributed by atoms with Crippen LogP contribution in [0.1, 0.15) is 10.4 Å². The van der Waals surface area contributed by atoms with Crippen molar-refractivity contribution < 1.29 is 24.9 Å². The molecule has 19 heavy (non-hydrogen) atoms. The first kappa shape index (κ1) is 13.6. The van der Waals surface area contributed by atoms with Gasteiger partial charge in [0.2, 0.25) is 11.4 Å². The van der Waals surface area contributed by atoms with Crippen LogP contribution in [0.2, 0.25) is 0 Å². The number of ketones is 1. The molecule has 1 aromatic carbocycles. The Labute approximate surface area is 109 Å². The van der Waals surface area contributed by atoms with E-state index >= 15 is 0 Å². The van der Waals surface area contributed by atoms with E-state index in [-0.39, 0.29) is 5.56 Å². The van der Waals surface area contributed by atoms with Crippen LogP contribution >= 0.6 is 0 Å². The van der Waals surface area contributed by atoms with E-state index in [0.29, 0.717) is 0 Å². The lowest BCUT2D eigenvalue weighted by molar-refractivity contribution is -0.0409. The van der Waals surface area contributed by atoms with Crippen LogP contribution in [-0.2, 0) is 4.74 Å². The van der Waals surface area contributed by atoms with E-state index in [0.717, 1.165) is 0 Å². The molecule has 100 valence electrons. The topological polar surface area (TPSA) is 111 Å². The van der Waals surface area contributed by atoms with Gasteiger partial charge >= 0.3 is 0 Å². The fourth-order valence-electron chi connectivity index (χ4n) is 2.10. The van der Waals surface area contributed by atoms with E-state index < -0.39 is 36.3 Å². The van der Waals surface area contributed by atoms with E-state index in [1.165, 1.54) is 12.1 Å². The van der Waals surface area contributed by atoms with E-state index in [2.05, 4.69) is 0 Å². The Kier molecular flexibility index (Phi) is 3.64. The van der Waals surface area contributed by atoms with Crippen molar-refractivity contribution >= 4 is 5.78 Å². The van der Waals surface area contributed by atoms with Crippen molar-refractivity contribution in [3.8, 4) is 6.07 Å². The van der Waals surface area contributed by atoms with Crippen LogP contribution in [0.4, 0.5) is 0 Å². The Morgan fingerprint density at radius 1 is 1.37 bits per heavy atom. The molecular formula is C13H13NO5. The van der Waals surface area contributed by atoms with Crippen molar-refractivity contribution in [3.63, 3.8) is 0 Å². The van der Waals surface area contributed by atoms with Gasteiger partial charge in [-0.3, -0.25) is 4.79 Å². The molecule has 2 rings (SSSR count). The van der Waals surface area contributed by atoms with Gasteiger partial charge in [-0.05, 0) is 0 Å². The van der Waals surface area contributed by atoms with E-state index in [9.17, 15) is 20.3 Å². The number of ether oxygens (including phenoxy) is 1. The Bertz CT molecular complexity index is 512. The lowest BCUT2D eigenvalue weighted by atomic mass is 9.88. The number of aliphatic hydroxyl groups is 3. The fourth-order valence-corrected chi connectivity index (χ4v) is 2.10. The van der Waals surface area contributed by atoms with Gasteiger partial charge in [-0.25, -0.2) is 0 Å². The number of hydrogen-bond acceptors (Lipinski definition) is 6. The smallest absolute Gasteiger partial charge is 0.246 e. The van der Waals surface area contributed by atoms with Gasteiger partial charge in [-0.1, -0.05) is 30.3 Å². The molecule has 1 aromatic rings. The first-order valence-electron chi connectivity index (χ1n) is 5.72. The van der Waals surface area contributed by atoms with Crippen molar-refractivity contribution in [2.24, 2.45) is 0 Å². The van der Waals surface area contributed by atoms with Crippen LogP contribution in [0, 0.1) is 11.3 Å². The summed E-state index contributed by atoms with van der Waals surface area (Å²) < 4.78 is 5.13. The summed E-state index contributed by atoms with van der Waals surface area (Å²) in [6, 6.07) is 9.51. The van der Waals surface area contributed by atoms with Crippen molar-refractivity contribution in [2.45, 2.75) is 23.9 Å². The summed E-state index contributed by atoms with van der Waals surface area (Å²) in [6.45, 7) is -0.594. The second kappa shape index (κ2) is 5.07. The maximum atomic E-state index is 12.3. The van der Waals surface area contributed by atoms with E-state index in [1.54, 1.807) is 24.3 Å². The summed E-state index contributed by atoms with van der Waals surface area (Å²) in [7, 11) is 0. The van der Waals surface area contributed by atoms with Crippen LogP contribution < -0.4 is 0 Å². The van der Waals surface area contributed by atoms with Gasteiger partial charge in [-0.2, -0.15) is 5.26 Å². The number of rotatable bonds is 3. The zero-order valence-corrected chi connectivity index (χ0v) is 9.93. The number of aliphatic hydroxyl groups excluding tert-OH is 3. The number of benzene rings is 1. The Morgan fingerprint density at radius 2 is 2.00 bits per heavy atom. The number of nitrogens with zero attached hydrogens (tertiary/aromatic N) is 1. The molecular weight excluding hydrogens is 250 g/mol. The number of Topliss-reactive ketones (excluding diaryl/α,β-unsaturated/α-hetero) is 1. The average Bonchev–Trinajstić information content (AvgIpc) is 2.72. The number of nitriles is 1. The molecule has 0 aromatic heterocycles. The summed E-state index contributed by atoms with van der Waals surface area (Å²) in [5.74, 6) is -0.738. The second-order valence-corrected chi connectivity index (χ2v) is 4.32. The second-order valence-electron chi connectivity index (χ2n) is 4.32. The van der Waals surface area contributed by atoms with Gasteiger partial charge in [-0.15, -0.1) is 0 Å². The highest BCUT2D eigenvalue weighted by atomic mass is 16.6. The van der Waals surface area contributed by atoms with Crippen LogP contribution in [0.3, 0.4) is 0 Å². The highest BCUT2D eigenvalue weighted by Gasteiger charge is 2.59. The van der Waals surface area contributed by atoms with Crippen LogP contribution in [0.5, 0.6) is 0 Å². The molecule has 6 heteroatoms. The Balaban J connectivity index is 2.40. The zero-order valence-electron chi connectivity index (χ0n) is 9.93. The third-order valence-corrected chi connectivity index (χ3v) is 3.18. The Morgan fingerprint density at radius 3 is 2.47 bits per heavy atom. The van der Waals surface area contributed by atoms with Gasteiger partial charge in [0.25, 0.3) is 0 Å². The molecule has 0 aliphatic carbocycles. The van der Waals surface area contributed by atoms with Gasteiger partial charge < -0.3 is 20.1 Å². The monoisotopic (exact) mass is 263 g/mol. The molecule has 0 amide bonds. The maximum absolute atomic E-state index is 12.3. The lowest BCUT2D eigenvalue weighted by Gasteiger charge is -2.22. The SMILES string of the molecule is N#C[C@@]1(C(=O)c2ccccc2)O[C@@H](CO)[C@H](O)[C@@H]1O. The summed E-state index contributed by atoms with van der Waals surface area (Å²) >= 11 is 0. The molecule has 0 unspecified atom stereocenters. The lowest BCUT2D eigenvalue weighted by Crippen LogP contribution is -2.48. The predicted octanol–water partition coefficient (Wildman–Crippen LogP) is -0.755. The zero-order chi connectivity index (χ0) is 14.0. The third-order valence-electron chi connectivity index (χ3n) is 3.18. The minimum absolute atomic E-state index is 0.189. The van der Waals surface area contributed by atoms with Crippen LogP contribution in [0.15, 0.2) is 30.3 Å². The highest BCUT2D eigenvalue weighted by molar-refractivity contribution is 6.05. The summed E-state index contributed by atoms with van der Waals surface area (Å²) in [4.78, 5) is 12.3. The molecule has 1 heterocycles. The van der Waals surface area contributed by atoms with Crippen molar-refractivity contribution in [1.29, 1.82) is 5.26 Å². The quantitative estimate of drug-likeness (QED) is 0.618. The first-order chi connectivity index (χ1) is 9.06. The van der Waals surface area contributed by atoms with Gasteiger partial charge in [0.15, 0.2) is 0 Å². The first-order valence-corrected chi connectivity index (χ1v) is 5.72. The number of carbonyl (C=O) groups is 1. The third kappa shape index (κ3) is 2.03. The van der Waals surface area contributed by atoms with Crippen LogP contribution in [-0.4, -0.2) is 51.6 Å². The largest absolute Gasteiger partial charge is 0.394 e. The minimum Gasteiger partial charge on any atom is -0.394 e. The normalized spacial score (nSPS) is 33.9. The molecule has 4 atom stereocenters. The fraction of sp³-hybridized carbons (Fsp3) is 0.385. The standard InChI is InChI=1S/C13H13NO5/c14-7-13(11(17)8-4-2-1-3-5-8)12(18)10(16)9(6-15)19-13/h1-5,9-10,12,15-16,18H,6H2/t9-,10-,12-,13-/m0/s1. The van der Waals surface area contributed by atoms with Gasteiger partial charge in [0.05, 0.1) is 6.61 Å². The highest BCUT2D eigenvalue weighted by Crippen LogP contribution is 2.33. The molecule has 1 saturated heterocycles. The molecule has 6 nitrogen and oxygen atoms in total. The van der Waals surface area contributed by atoms with Gasteiger partial charge in [0.1, 0.15) is 24.4 Å². The molecule has 0 spiro atoms. The maximum Gasteiger partial charge on any atom is 0.246 e. The molecule has 3 N–H and O–H groups in total. The summed E-state index contributed by atoms with van der Waals surface area (Å²) in [5, 5.41) is 37.8. The van der Waals surface area contributed by atoms with E-state index in [4.69, 9.17) is 9.84 Å². The van der Waals surface area contributed by atoms with E-state index in [1.807, 2.05) is 0 Å². The molecule has 1 aliphatic rings. The number of hydrogen-bond donors (Lipinski definition) is 3. The summed E-state index contributed by atoms with van der Waals surface area (Å²) in [5.41, 5.74) is -2.00. The summed E-state index contributed by atoms with van der Waals surface area (Å²) in [6.07, 6.45) is -4.36. The predicted molar refractivity (Wildman–Crippen MR) is 63.1 cm³/mol. The van der Waals surface area contributed by atoms with Crippen molar-refractivity contribution in [1.82, 2.24) is 0 Å². The Hall–Kier alpha value is -1.78. The molecule has 1 aliphatic heterocycles. The molecule has 0 saturated carbocycles. The van der Waals surface area contributed by atoms with Crippen LogP contribution in [0.25, 0.3) is 0 Å². The minimum atomic E-state index is -2.19. The van der Waals surface area contributed by atoms with Crippen molar-refractivity contribution in [2.75, 3.05) is 6.61 Å². The van der Waals surface area contributed by atoms with Crippen molar-refractivity contribution in [3.05, 3.63) is 35.9 Å².